The molecular weight excluding hydrogens is 224 g/mol. The Morgan fingerprint density at radius 3 is 2.44 bits per heavy atom. The summed E-state index contributed by atoms with van der Waals surface area (Å²) in [6, 6.07) is 1.47. The summed E-state index contributed by atoms with van der Waals surface area (Å²) in [7, 11) is 0. The molecule has 2 heterocycles. The highest BCUT2D eigenvalue weighted by Gasteiger charge is 2.28. The Kier molecular flexibility index (Phi) is 5.04. The predicted molar refractivity (Wildman–Crippen MR) is 74.5 cm³/mol. The normalized spacial score (nSPS) is 33.4. The highest BCUT2D eigenvalue weighted by molar-refractivity contribution is 5.77. The molecule has 0 saturated carbocycles. The van der Waals surface area contributed by atoms with Crippen molar-refractivity contribution >= 4 is 5.91 Å². The number of hydrogen-bond donors (Lipinski definition) is 1. The quantitative estimate of drug-likeness (QED) is 0.837. The molecule has 0 aliphatic carbocycles. The number of hydrogen-bond acceptors (Lipinski definition) is 2. The first-order valence-electron chi connectivity index (χ1n) is 7.73. The number of piperidine rings is 2. The Bertz CT molecular complexity index is 264. The van der Waals surface area contributed by atoms with Crippen LogP contribution in [-0.2, 0) is 4.79 Å². The minimum atomic E-state index is 0.377. The predicted octanol–water partition coefficient (Wildman–Crippen LogP) is 2.70. The van der Waals surface area contributed by atoms with Crippen LogP contribution in [0.2, 0.25) is 0 Å². The van der Waals surface area contributed by atoms with Crippen molar-refractivity contribution in [1.29, 1.82) is 0 Å². The van der Waals surface area contributed by atoms with Gasteiger partial charge in [-0.1, -0.05) is 6.42 Å². The molecule has 1 N–H and O–H groups in total. The van der Waals surface area contributed by atoms with E-state index >= 15 is 0 Å². The molecule has 1 amide bonds. The molecule has 0 aromatic heterocycles. The van der Waals surface area contributed by atoms with Crippen molar-refractivity contribution in [3.05, 3.63) is 0 Å². The average Bonchev–Trinajstić information content (AvgIpc) is 2.37. The van der Waals surface area contributed by atoms with Crippen molar-refractivity contribution in [3.8, 4) is 0 Å². The lowest BCUT2D eigenvalue weighted by molar-refractivity contribution is -0.137. The monoisotopic (exact) mass is 252 g/mol. The minimum absolute atomic E-state index is 0.377. The Morgan fingerprint density at radius 2 is 1.83 bits per heavy atom. The van der Waals surface area contributed by atoms with E-state index in [1.165, 1.54) is 38.5 Å². The summed E-state index contributed by atoms with van der Waals surface area (Å²) in [4.78, 5) is 14.5. The highest BCUT2D eigenvalue weighted by Crippen LogP contribution is 2.24. The lowest BCUT2D eigenvalue weighted by Gasteiger charge is -2.39. The van der Waals surface area contributed by atoms with Crippen LogP contribution in [0.1, 0.15) is 65.2 Å². The number of carbonyl (C=O) groups is 1. The number of carbonyl (C=O) groups excluding carboxylic acids is 1. The summed E-state index contributed by atoms with van der Waals surface area (Å²) in [5.74, 6) is 0.377. The van der Waals surface area contributed by atoms with Gasteiger partial charge in [-0.05, 0) is 58.9 Å². The van der Waals surface area contributed by atoms with E-state index in [1.54, 1.807) is 0 Å². The zero-order valence-corrected chi connectivity index (χ0v) is 12.0. The Morgan fingerprint density at radius 1 is 1.11 bits per heavy atom. The van der Waals surface area contributed by atoms with Gasteiger partial charge in [-0.3, -0.25) is 4.79 Å². The molecule has 0 aromatic rings. The van der Waals surface area contributed by atoms with Crippen LogP contribution in [-0.4, -0.2) is 35.5 Å². The number of amides is 1. The maximum absolute atomic E-state index is 12.4. The third kappa shape index (κ3) is 3.47. The van der Waals surface area contributed by atoms with Crippen LogP contribution in [0.4, 0.5) is 0 Å². The second-order valence-corrected chi connectivity index (χ2v) is 6.12. The van der Waals surface area contributed by atoms with Gasteiger partial charge in [-0.2, -0.15) is 0 Å². The first-order chi connectivity index (χ1) is 8.68. The third-order valence-electron chi connectivity index (χ3n) is 4.60. The first kappa shape index (κ1) is 13.9. The molecule has 1 unspecified atom stereocenters. The second kappa shape index (κ2) is 6.55. The molecule has 104 valence electrons. The van der Waals surface area contributed by atoms with Crippen LogP contribution in [0.25, 0.3) is 0 Å². The summed E-state index contributed by atoms with van der Waals surface area (Å²) in [5, 5.41) is 3.53. The zero-order chi connectivity index (χ0) is 13.0. The summed E-state index contributed by atoms with van der Waals surface area (Å²) < 4.78 is 0. The van der Waals surface area contributed by atoms with Gasteiger partial charge in [0.1, 0.15) is 0 Å². The maximum atomic E-state index is 12.4. The van der Waals surface area contributed by atoms with E-state index in [0.717, 1.165) is 19.4 Å². The molecule has 18 heavy (non-hydrogen) atoms. The second-order valence-electron chi connectivity index (χ2n) is 6.12. The van der Waals surface area contributed by atoms with Crippen LogP contribution in [0.5, 0.6) is 0 Å². The van der Waals surface area contributed by atoms with Crippen molar-refractivity contribution < 1.29 is 4.79 Å². The van der Waals surface area contributed by atoms with Crippen LogP contribution in [0.15, 0.2) is 0 Å². The molecule has 2 fully saturated rings. The topological polar surface area (TPSA) is 32.3 Å². The summed E-state index contributed by atoms with van der Waals surface area (Å²) in [6.07, 6.45) is 9.25. The molecule has 2 aliphatic heterocycles. The van der Waals surface area contributed by atoms with Crippen LogP contribution >= 0.6 is 0 Å². The molecule has 0 spiro atoms. The smallest absolute Gasteiger partial charge is 0.223 e. The van der Waals surface area contributed by atoms with Crippen molar-refractivity contribution in [3.63, 3.8) is 0 Å². The summed E-state index contributed by atoms with van der Waals surface area (Å²) in [6.45, 7) is 5.54. The molecule has 3 heteroatoms. The maximum Gasteiger partial charge on any atom is 0.223 e. The van der Waals surface area contributed by atoms with E-state index in [-0.39, 0.29) is 0 Å². The molecule has 0 aromatic carbocycles. The van der Waals surface area contributed by atoms with Crippen molar-refractivity contribution in [2.45, 2.75) is 83.3 Å². The van der Waals surface area contributed by atoms with E-state index < -0.39 is 0 Å². The number of nitrogens with zero attached hydrogens (tertiary/aromatic N) is 1. The lowest BCUT2D eigenvalue weighted by atomic mass is 9.95. The van der Waals surface area contributed by atoms with Gasteiger partial charge in [0.2, 0.25) is 5.91 Å². The van der Waals surface area contributed by atoms with Gasteiger partial charge in [0.15, 0.2) is 0 Å². The van der Waals surface area contributed by atoms with E-state index in [4.69, 9.17) is 0 Å². The molecule has 2 aliphatic rings. The van der Waals surface area contributed by atoms with Gasteiger partial charge < -0.3 is 10.2 Å². The molecule has 3 nitrogen and oxygen atoms in total. The summed E-state index contributed by atoms with van der Waals surface area (Å²) in [5.41, 5.74) is 0. The lowest BCUT2D eigenvalue weighted by Crippen LogP contribution is -2.48. The molecule has 2 saturated heterocycles. The van der Waals surface area contributed by atoms with Crippen molar-refractivity contribution in [2.75, 3.05) is 6.54 Å². The van der Waals surface area contributed by atoms with Gasteiger partial charge in [-0.15, -0.1) is 0 Å². The van der Waals surface area contributed by atoms with E-state index in [2.05, 4.69) is 24.1 Å². The van der Waals surface area contributed by atoms with Gasteiger partial charge >= 0.3 is 0 Å². The first-order valence-corrected chi connectivity index (χ1v) is 7.73. The van der Waals surface area contributed by atoms with E-state index in [1.807, 2.05) is 0 Å². The Hall–Kier alpha value is -0.570. The minimum Gasteiger partial charge on any atom is -0.337 e. The van der Waals surface area contributed by atoms with E-state index in [9.17, 15) is 4.79 Å². The standard InChI is InChI=1S/C15H28N2O/c1-12-6-5-7-13(2)17(12)15(18)10-9-14-8-3-4-11-16-14/h12-14,16H,3-11H2,1-2H3/t12-,13+,14?. The fraction of sp³-hybridized carbons (Fsp3) is 0.933. The van der Waals surface area contributed by atoms with E-state index in [0.29, 0.717) is 24.0 Å². The molecule has 3 atom stereocenters. The van der Waals surface area contributed by atoms with Crippen molar-refractivity contribution in [2.24, 2.45) is 0 Å². The van der Waals surface area contributed by atoms with Gasteiger partial charge in [0.05, 0.1) is 0 Å². The highest BCUT2D eigenvalue weighted by atomic mass is 16.2. The van der Waals surface area contributed by atoms with Gasteiger partial charge in [0.25, 0.3) is 0 Å². The number of likely N-dealkylation sites (tertiary alicyclic amines) is 1. The molecule has 2 rings (SSSR count). The summed E-state index contributed by atoms with van der Waals surface area (Å²) >= 11 is 0. The zero-order valence-electron chi connectivity index (χ0n) is 12.0. The van der Waals surface area contributed by atoms with Crippen molar-refractivity contribution in [1.82, 2.24) is 10.2 Å². The fourth-order valence-corrected chi connectivity index (χ4v) is 3.51. The Balaban J connectivity index is 1.79. The fourth-order valence-electron chi connectivity index (χ4n) is 3.51. The SMILES string of the molecule is C[C@@H]1CCC[C@H](C)N1C(=O)CCC1CCCCN1. The number of nitrogens with one attached hydrogen (secondary N) is 1. The van der Waals surface area contributed by atoms with Crippen LogP contribution < -0.4 is 5.32 Å². The molecule has 0 bridgehead atoms. The van der Waals surface area contributed by atoms with Crippen LogP contribution in [0, 0.1) is 0 Å². The average molecular weight is 252 g/mol. The van der Waals surface area contributed by atoms with Crippen LogP contribution in [0.3, 0.4) is 0 Å². The van der Waals surface area contributed by atoms with Gasteiger partial charge in [0, 0.05) is 24.5 Å². The Labute approximate surface area is 111 Å². The largest absolute Gasteiger partial charge is 0.337 e. The molecular formula is C15H28N2O. The molecule has 0 radical (unpaired) electrons. The van der Waals surface area contributed by atoms with Gasteiger partial charge in [-0.25, -0.2) is 0 Å². The number of rotatable bonds is 3. The third-order valence-corrected chi connectivity index (χ3v) is 4.60.